The third-order valence-electron chi connectivity index (χ3n) is 5.30. The van der Waals surface area contributed by atoms with Gasteiger partial charge in [-0.2, -0.15) is 0 Å². The molecule has 10 nitrogen and oxygen atoms in total. The van der Waals surface area contributed by atoms with Crippen LogP contribution in [0, 0.1) is 5.92 Å². The lowest BCUT2D eigenvalue weighted by Gasteiger charge is -2.24. The number of hydrogen-bond acceptors (Lipinski definition) is 6. The van der Waals surface area contributed by atoms with Gasteiger partial charge in [0.2, 0.25) is 17.6 Å². The minimum Gasteiger partial charge on any atom is -0.496 e. The van der Waals surface area contributed by atoms with Crippen LogP contribution < -0.4 is 15.4 Å². The molecule has 33 heavy (non-hydrogen) atoms. The Morgan fingerprint density at radius 3 is 2.73 bits per heavy atom. The first-order valence-electron chi connectivity index (χ1n) is 10.3. The van der Waals surface area contributed by atoms with E-state index in [1.165, 1.54) is 19.2 Å². The van der Waals surface area contributed by atoms with Gasteiger partial charge in [0, 0.05) is 11.6 Å². The van der Waals surface area contributed by atoms with Crippen molar-refractivity contribution < 1.29 is 33.4 Å². The molecule has 3 rings (SSSR count). The molecule has 1 aliphatic rings. The average Bonchev–Trinajstić information content (AvgIpc) is 3.23. The second kappa shape index (κ2) is 10.4. The van der Waals surface area contributed by atoms with Gasteiger partial charge in [-0.25, -0.2) is 9.59 Å². The topological polar surface area (TPSA) is 138 Å². The van der Waals surface area contributed by atoms with E-state index in [-0.39, 0.29) is 24.5 Å². The molecule has 0 bridgehead atoms. The highest BCUT2D eigenvalue weighted by atomic mass is 35.5. The van der Waals surface area contributed by atoms with Crippen molar-refractivity contribution in [3.05, 3.63) is 52.4 Å². The van der Waals surface area contributed by atoms with Gasteiger partial charge in [-0.1, -0.05) is 18.5 Å². The summed E-state index contributed by atoms with van der Waals surface area (Å²) in [5.74, 6) is -2.46. The van der Waals surface area contributed by atoms with Gasteiger partial charge in [0.15, 0.2) is 0 Å². The number of ether oxygens (including phenoxy) is 1. The summed E-state index contributed by atoms with van der Waals surface area (Å²) in [6.07, 6.45) is 0.569. The van der Waals surface area contributed by atoms with Gasteiger partial charge < -0.3 is 24.9 Å². The number of imide groups is 1. The molecule has 1 saturated heterocycles. The van der Waals surface area contributed by atoms with Gasteiger partial charge in [-0.15, -0.1) is 0 Å². The van der Waals surface area contributed by atoms with Crippen LogP contribution in [0.4, 0.5) is 4.79 Å². The number of aromatic carboxylic acids is 1. The van der Waals surface area contributed by atoms with Crippen molar-refractivity contribution in [2.45, 2.75) is 25.8 Å². The third-order valence-corrected chi connectivity index (χ3v) is 5.54. The molecule has 1 fully saturated rings. The highest BCUT2D eigenvalue weighted by molar-refractivity contribution is 6.30. The monoisotopic (exact) mass is 477 g/mol. The van der Waals surface area contributed by atoms with Gasteiger partial charge in [-0.3, -0.25) is 14.5 Å². The number of carbonyl (C=O) groups is 4. The summed E-state index contributed by atoms with van der Waals surface area (Å²) in [5, 5.41) is 14.8. The number of carbonyl (C=O) groups excluding carboxylic acids is 3. The van der Waals surface area contributed by atoms with Crippen molar-refractivity contribution in [3.63, 3.8) is 0 Å². The summed E-state index contributed by atoms with van der Waals surface area (Å²) in [4.78, 5) is 50.3. The van der Waals surface area contributed by atoms with E-state index in [9.17, 15) is 19.2 Å². The van der Waals surface area contributed by atoms with Crippen LogP contribution in [-0.4, -0.2) is 54.0 Å². The van der Waals surface area contributed by atoms with Crippen LogP contribution in [0.15, 0.2) is 34.7 Å². The van der Waals surface area contributed by atoms with Crippen LogP contribution in [0.5, 0.6) is 5.75 Å². The molecule has 2 atom stereocenters. The van der Waals surface area contributed by atoms with E-state index < -0.39 is 42.3 Å². The van der Waals surface area contributed by atoms with Crippen molar-refractivity contribution in [1.29, 1.82) is 0 Å². The minimum atomic E-state index is -1.24. The zero-order chi connectivity index (χ0) is 24.1. The van der Waals surface area contributed by atoms with E-state index in [2.05, 4.69) is 10.6 Å². The van der Waals surface area contributed by atoms with Crippen LogP contribution in [0.3, 0.4) is 0 Å². The average molecular weight is 478 g/mol. The van der Waals surface area contributed by atoms with E-state index in [0.29, 0.717) is 22.8 Å². The number of carboxylic acids is 1. The van der Waals surface area contributed by atoms with Gasteiger partial charge in [0.05, 0.1) is 19.1 Å². The van der Waals surface area contributed by atoms with Gasteiger partial charge in [0.1, 0.15) is 18.1 Å². The van der Waals surface area contributed by atoms with Crippen molar-refractivity contribution in [3.8, 4) is 5.75 Å². The van der Waals surface area contributed by atoms with Gasteiger partial charge in [0.25, 0.3) is 0 Å². The number of rotatable bonds is 7. The molecule has 0 aliphatic carbocycles. The number of furan rings is 1. The standard InChI is InChI=1S/C22H24ClN3O7/c1-3-15(17-6-7-18(33-17)21(29)30)25-22(31)26-11-19(27)24-10-13(20(26)28)8-12-9-14(23)4-5-16(12)32-2/h4-7,9,13,15H,3,8,10-11H2,1-2H3,(H,24,27)(H,25,31)(H,29,30)/t13-,15-/m1/s1. The molecule has 0 radical (unpaired) electrons. The van der Waals surface area contributed by atoms with E-state index >= 15 is 0 Å². The number of amides is 4. The lowest BCUT2D eigenvalue weighted by atomic mass is 9.97. The highest BCUT2D eigenvalue weighted by Gasteiger charge is 2.35. The Bertz CT molecular complexity index is 1070. The summed E-state index contributed by atoms with van der Waals surface area (Å²) in [5.41, 5.74) is 0.670. The number of methoxy groups -OCH3 is 1. The number of carboxylic acid groups (broad SMARTS) is 1. The highest BCUT2D eigenvalue weighted by Crippen LogP contribution is 2.27. The van der Waals surface area contributed by atoms with Crippen LogP contribution >= 0.6 is 11.6 Å². The second-order valence-corrected chi connectivity index (χ2v) is 7.94. The molecular weight excluding hydrogens is 454 g/mol. The maximum atomic E-state index is 13.2. The van der Waals surface area contributed by atoms with Crippen LogP contribution in [0.2, 0.25) is 5.02 Å². The van der Waals surface area contributed by atoms with Crippen molar-refractivity contribution in [2.24, 2.45) is 5.92 Å². The van der Waals surface area contributed by atoms with Crippen LogP contribution in [0.25, 0.3) is 0 Å². The summed E-state index contributed by atoms with van der Waals surface area (Å²) < 4.78 is 10.6. The first kappa shape index (κ1) is 24.1. The molecule has 3 N–H and O–H groups in total. The number of hydrogen-bond donors (Lipinski definition) is 3. The maximum absolute atomic E-state index is 13.2. The number of nitrogens with one attached hydrogen (secondary N) is 2. The normalized spacial score (nSPS) is 17.2. The number of halogens is 1. The Labute approximate surface area is 194 Å². The summed E-state index contributed by atoms with van der Waals surface area (Å²) in [6, 6.07) is 6.29. The molecule has 0 spiro atoms. The molecule has 4 amide bonds. The van der Waals surface area contributed by atoms with Gasteiger partial charge in [-0.05, 0) is 48.7 Å². The Balaban J connectivity index is 1.79. The fraction of sp³-hybridized carbons (Fsp3) is 0.364. The molecule has 176 valence electrons. The fourth-order valence-corrected chi connectivity index (χ4v) is 3.78. The van der Waals surface area contributed by atoms with Crippen LogP contribution in [0.1, 0.15) is 41.3 Å². The zero-order valence-corrected chi connectivity index (χ0v) is 18.8. The molecule has 1 aromatic carbocycles. The molecular formula is C22H24ClN3O7. The number of nitrogens with zero attached hydrogens (tertiary/aromatic N) is 1. The smallest absolute Gasteiger partial charge is 0.371 e. The molecule has 2 aromatic rings. The maximum Gasteiger partial charge on any atom is 0.371 e. The predicted octanol–water partition coefficient (Wildman–Crippen LogP) is 2.62. The zero-order valence-electron chi connectivity index (χ0n) is 18.1. The minimum absolute atomic E-state index is 0.0501. The van der Waals surface area contributed by atoms with E-state index in [4.69, 9.17) is 25.9 Å². The Morgan fingerprint density at radius 1 is 1.33 bits per heavy atom. The molecule has 11 heteroatoms. The summed E-state index contributed by atoms with van der Waals surface area (Å²) in [6.45, 7) is 1.37. The molecule has 0 unspecified atom stereocenters. The Kier molecular flexibility index (Phi) is 7.59. The van der Waals surface area contributed by atoms with E-state index in [1.807, 2.05) is 0 Å². The molecule has 1 aromatic heterocycles. The fourth-order valence-electron chi connectivity index (χ4n) is 3.58. The summed E-state index contributed by atoms with van der Waals surface area (Å²) in [7, 11) is 1.50. The van der Waals surface area contributed by atoms with E-state index in [1.54, 1.807) is 25.1 Å². The van der Waals surface area contributed by atoms with Crippen molar-refractivity contribution in [2.75, 3.05) is 20.2 Å². The van der Waals surface area contributed by atoms with Crippen LogP contribution in [-0.2, 0) is 16.0 Å². The second-order valence-electron chi connectivity index (χ2n) is 7.50. The first-order valence-corrected chi connectivity index (χ1v) is 10.6. The van der Waals surface area contributed by atoms with E-state index in [0.717, 1.165) is 4.90 Å². The molecule has 1 aliphatic heterocycles. The summed E-state index contributed by atoms with van der Waals surface area (Å²) >= 11 is 6.08. The predicted molar refractivity (Wildman–Crippen MR) is 117 cm³/mol. The quantitative estimate of drug-likeness (QED) is 0.557. The van der Waals surface area contributed by atoms with Crippen molar-refractivity contribution in [1.82, 2.24) is 15.5 Å². The molecule has 0 saturated carbocycles. The Hall–Kier alpha value is -3.53. The third kappa shape index (κ3) is 5.64. The number of benzene rings is 1. The Morgan fingerprint density at radius 2 is 2.09 bits per heavy atom. The number of urea groups is 1. The van der Waals surface area contributed by atoms with Crippen molar-refractivity contribution >= 4 is 35.4 Å². The first-order chi connectivity index (χ1) is 15.7. The lowest BCUT2D eigenvalue weighted by Crippen LogP contribution is -2.48. The SMILES string of the molecule is CC[C@@H](NC(=O)N1CC(=O)NC[C@@H](Cc2cc(Cl)ccc2OC)C1=O)c1ccc(C(=O)O)o1. The van der Waals surface area contributed by atoms with Gasteiger partial charge >= 0.3 is 12.0 Å². The lowest BCUT2D eigenvalue weighted by molar-refractivity contribution is -0.133. The molecule has 2 heterocycles. The largest absolute Gasteiger partial charge is 0.496 e.